The third-order valence-corrected chi connectivity index (χ3v) is 5.32. The highest BCUT2D eigenvalue weighted by atomic mass is 35.5. The molecule has 9 heteroatoms. The van der Waals surface area contributed by atoms with E-state index < -0.39 is 0 Å². The van der Waals surface area contributed by atoms with Crippen molar-refractivity contribution in [2.24, 2.45) is 0 Å². The smallest absolute Gasteiger partial charge is 0.205 e. The molecule has 0 radical (unpaired) electrons. The van der Waals surface area contributed by atoms with E-state index in [9.17, 15) is 9.90 Å². The van der Waals surface area contributed by atoms with Crippen molar-refractivity contribution in [1.82, 2.24) is 30.2 Å². The quantitative estimate of drug-likeness (QED) is 0.405. The number of carbonyl (C=O) groups excluding carboxylic acids is 1. The molecule has 4 rings (SSSR count). The van der Waals surface area contributed by atoms with Crippen LogP contribution < -0.4 is 0 Å². The third-order valence-electron chi connectivity index (χ3n) is 5.02. The van der Waals surface area contributed by atoms with Crippen molar-refractivity contribution in [2.45, 2.75) is 32.9 Å². The van der Waals surface area contributed by atoms with Crippen LogP contribution in [0.4, 0.5) is 0 Å². The Balaban J connectivity index is 1.65. The molecule has 0 saturated heterocycles. The average Bonchev–Trinajstić information content (AvgIpc) is 3.43. The second-order valence-corrected chi connectivity index (χ2v) is 7.43. The number of carbonyl (C=O) groups is 1. The lowest BCUT2D eigenvalue weighted by Gasteiger charge is -2.12. The number of ketones is 1. The van der Waals surface area contributed by atoms with Crippen LogP contribution in [-0.4, -0.2) is 41.1 Å². The SMILES string of the molecule is CCCC(=O)c1nc(Cl)c(CO)n1Cc1ccc(-c2ccccc2-c2nn[nH]n2)cc1. The summed E-state index contributed by atoms with van der Waals surface area (Å²) in [5.41, 5.74) is 4.25. The molecule has 0 spiro atoms. The summed E-state index contributed by atoms with van der Waals surface area (Å²) < 4.78 is 1.70. The van der Waals surface area contributed by atoms with E-state index in [0.29, 0.717) is 30.9 Å². The fraction of sp³-hybridized carbons (Fsp3) is 0.227. The van der Waals surface area contributed by atoms with Crippen LogP contribution >= 0.6 is 11.6 Å². The van der Waals surface area contributed by atoms with Crippen LogP contribution in [-0.2, 0) is 13.2 Å². The van der Waals surface area contributed by atoms with E-state index in [-0.39, 0.29) is 23.4 Å². The first kappa shape index (κ1) is 20.9. The Labute approximate surface area is 183 Å². The standard InChI is InChI=1S/C22H21ClN6O2/c1-2-5-19(31)22-24-20(23)18(13-30)29(22)12-14-8-10-15(11-9-14)16-6-3-4-7-17(16)21-25-27-28-26-21/h3-4,6-11,30H,2,5,12-13H2,1H3,(H,25,26,27,28). The number of halogens is 1. The van der Waals surface area contributed by atoms with E-state index in [2.05, 4.69) is 25.6 Å². The Bertz CT molecular complexity index is 1190. The maximum atomic E-state index is 12.5. The summed E-state index contributed by atoms with van der Waals surface area (Å²) in [4.78, 5) is 16.7. The number of hydrogen-bond acceptors (Lipinski definition) is 6. The second-order valence-electron chi connectivity index (χ2n) is 7.07. The van der Waals surface area contributed by atoms with Crippen LogP contribution in [0, 0.1) is 0 Å². The number of aliphatic hydroxyl groups is 1. The minimum absolute atomic E-state index is 0.0882. The van der Waals surface area contributed by atoms with Crippen molar-refractivity contribution in [3.63, 3.8) is 0 Å². The highest BCUT2D eigenvalue weighted by Gasteiger charge is 2.20. The number of nitrogens with one attached hydrogen (secondary N) is 1. The van der Waals surface area contributed by atoms with Gasteiger partial charge in [0.05, 0.1) is 12.3 Å². The molecule has 2 N–H and O–H groups in total. The molecule has 0 amide bonds. The second kappa shape index (κ2) is 9.20. The van der Waals surface area contributed by atoms with E-state index in [1.807, 2.05) is 55.5 Å². The van der Waals surface area contributed by atoms with Gasteiger partial charge in [-0.15, -0.1) is 10.2 Å². The molecule has 0 bridgehead atoms. The van der Waals surface area contributed by atoms with Crippen molar-refractivity contribution >= 4 is 17.4 Å². The minimum atomic E-state index is -0.290. The van der Waals surface area contributed by atoms with Gasteiger partial charge in [-0.05, 0) is 28.3 Å². The lowest BCUT2D eigenvalue weighted by Crippen LogP contribution is -2.13. The van der Waals surface area contributed by atoms with Crippen LogP contribution in [0.25, 0.3) is 22.5 Å². The Morgan fingerprint density at radius 2 is 1.87 bits per heavy atom. The molecule has 2 heterocycles. The maximum absolute atomic E-state index is 12.5. The van der Waals surface area contributed by atoms with Crippen molar-refractivity contribution in [3.8, 4) is 22.5 Å². The molecule has 2 aromatic heterocycles. The fourth-order valence-corrected chi connectivity index (χ4v) is 3.75. The molecule has 0 aliphatic carbocycles. The molecule has 0 aliphatic heterocycles. The first-order chi connectivity index (χ1) is 15.1. The van der Waals surface area contributed by atoms with Gasteiger partial charge in [0.15, 0.2) is 16.8 Å². The molecule has 158 valence electrons. The van der Waals surface area contributed by atoms with Crippen LogP contribution in [0.1, 0.15) is 41.6 Å². The van der Waals surface area contributed by atoms with Gasteiger partial charge in [0.2, 0.25) is 5.82 Å². The molecule has 0 atom stereocenters. The molecule has 4 aromatic rings. The molecule has 0 saturated carbocycles. The third kappa shape index (κ3) is 4.26. The lowest BCUT2D eigenvalue weighted by molar-refractivity contribution is 0.0967. The normalized spacial score (nSPS) is 11.1. The number of imidazole rings is 1. The summed E-state index contributed by atoms with van der Waals surface area (Å²) >= 11 is 6.17. The topological polar surface area (TPSA) is 110 Å². The number of aromatic nitrogens is 6. The van der Waals surface area contributed by atoms with E-state index in [1.165, 1.54) is 0 Å². The van der Waals surface area contributed by atoms with Gasteiger partial charge < -0.3 is 9.67 Å². The van der Waals surface area contributed by atoms with Crippen LogP contribution in [0.3, 0.4) is 0 Å². The molecule has 0 fully saturated rings. The number of benzene rings is 2. The zero-order valence-electron chi connectivity index (χ0n) is 16.9. The Kier molecular flexibility index (Phi) is 6.20. The van der Waals surface area contributed by atoms with E-state index in [4.69, 9.17) is 11.6 Å². The van der Waals surface area contributed by atoms with Gasteiger partial charge in [-0.1, -0.05) is 67.1 Å². The van der Waals surface area contributed by atoms with Crippen LogP contribution in [0.2, 0.25) is 5.15 Å². The summed E-state index contributed by atoms with van der Waals surface area (Å²) in [6.45, 7) is 2.03. The van der Waals surface area contributed by atoms with Crippen molar-refractivity contribution in [3.05, 3.63) is 70.8 Å². The number of nitrogens with zero attached hydrogens (tertiary/aromatic N) is 5. The average molecular weight is 437 g/mol. The molecule has 31 heavy (non-hydrogen) atoms. The summed E-state index contributed by atoms with van der Waals surface area (Å²) in [6.07, 6.45) is 1.09. The molecule has 8 nitrogen and oxygen atoms in total. The number of tetrazole rings is 1. The number of hydrogen-bond donors (Lipinski definition) is 2. The van der Waals surface area contributed by atoms with E-state index in [1.54, 1.807) is 4.57 Å². The predicted octanol–water partition coefficient (Wildman–Crippen LogP) is 3.91. The lowest BCUT2D eigenvalue weighted by atomic mass is 9.98. The first-order valence-corrected chi connectivity index (χ1v) is 10.3. The Hall–Kier alpha value is -3.36. The zero-order valence-corrected chi connectivity index (χ0v) is 17.7. The largest absolute Gasteiger partial charge is 0.390 e. The maximum Gasteiger partial charge on any atom is 0.205 e. The zero-order chi connectivity index (χ0) is 21.8. The van der Waals surface area contributed by atoms with Gasteiger partial charge in [0, 0.05) is 18.5 Å². The van der Waals surface area contributed by atoms with Gasteiger partial charge in [0.25, 0.3) is 0 Å². The summed E-state index contributed by atoms with van der Waals surface area (Å²) in [6, 6.07) is 15.8. The Morgan fingerprint density at radius 1 is 1.13 bits per heavy atom. The predicted molar refractivity (Wildman–Crippen MR) is 117 cm³/mol. The summed E-state index contributed by atoms with van der Waals surface area (Å²) in [7, 11) is 0. The van der Waals surface area contributed by atoms with Crippen LogP contribution in [0.5, 0.6) is 0 Å². The van der Waals surface area contributed by atoms with E-state index >= 15 is 0 Å². The summed E-state index contributed by atoms with van der Waals surface area (Å²) in [5, 5.41) is 24.2. The van der Waals surface area contributed by atoms with Gasteiger partial charge in [0.1, 0.15) is 0 Å². The van der Waals surface area contributed by atoms with Gasteiger partial charge in [-0.25, -0.2) is 4.98 Å². The molecule has 2 aromatic carbocycles. The highest BCUT2D eigenvalue weighted by Crippen LogP contribution is 2.30. The van der Waals surface area contributed by atoms with Crippen molar-refractivity contribution in [2.75, 3.05) is 0 Å². The van der Waals surface area contributed by atoms with Crippen LogP contribution in [0.15, 0.2) is 48.5 Å². The number of aromatic amines is 1. The number of rotatable bonds is 8. The van der Waals surface area contributed by atoms with Crippen molar-refractivity contribution in [1.29, 1.82) is 0 Å². The first-order valence-electron chi connectivity index (χ1n) is 9.93. The minimum Gasteiger partial charge on any atom is -0.390 e. The highest BCUT2D eigenvalue weighted by molar-refractivity contribution is 6.30. The molecule has 0 aliphatic rings. The summed E-state index contributed by atoms with van der Waals surface area (Å²) in [5.74, 6) is 0.719. The van der Waals surface area contributed by atoms with E-state index in [0.717, 1.165) is 22.3 Å². The van der Waals surface area contributed by atoms with Gasteiger partial charge >= 0.3 is 0 Å². The molecule has 0 unspecified atom stereocenters. The molecular weight excluding hydrogens is 416 g/mol. The van der Waals surface area contributed by atoms with Gasteiger partial charge in [-0.2, -0.15) is 5.21 Å². The molecular formula is C22H21ClN6O2. The Morgan fingerprint density at radius 3 is 2.52 bits per heavy atom. The van der Waals surface area contributed by atoms with Gasteiger partial charge in [-0.3, -0.25) is 4.79 Å². The number of Topliss-reactive ketones (excluding diaryl/α,β-unsaturated/α-hetero) is 1. The monoisotopic (exact) mass is 436 g/mol. The fourth-order valence-electron chi connectivity index (χ4n) is 3.51. The van der Waals surface area contributed by atoms with Crippen molar-refractivity contribution < 1.29 is 9.90 Å². The number of aliphatic hydroxyl groups excluding tert-OH is 1. The number of H-pyrrole nitrogens is 1.